The molecule has 2 N–H and O–H groups in total. The SMILES string of the molecule is CCOC1CCN(c2ccc(-c3cc4nc(N)ncc4cn3)cn2)CC1. The second kappa shape index (κ2) is 7.21. The van der Waals surface area contributed by atoms with Crippen LogP contribution < -0.4 is 10.6 Å². The van der Waals surface area contributed by atoms with Crippen LogP contribution in [-0.4, -0.2) is 45.7 Å². The first-order valence-electron chi connectivity index (χ1n) is 8.94. The minimum Gasteiger partial charge on any atom is -0.378 e. The smallest absolute Gasteiger partial charge is 0.220 e. The molecule has 134 valence electrons. The molecule has 1 aliphatic rings. The van der Waals surface area contributed by atoms with E-state index in [2.05, 4.69) is 37.0 Å². The van der Waals surface area contributed by atoms with Crippen molar-refractivity contribution in [1.82, 2.24) is 19.9 Å². The molecule has 3 aromatic heterocycles. The van der Waals surface area contributed by atoms with Gasteiger partial charge in [-0.25, -0.2) is 15.0 Å². The van der Waals surface area contributed by atoms with Crippen molar-refractivity contribution in [3.05, 3.63) is 36.8 Å². The van der Waals surface area contributed by atoms with E-state index < -0.39 is 0 Å². The number of nitrogens with two attached hydrogens (primary N) is 1. The topological polar surface area (TPSA) is 90.0 Å². The first kappa shape index (κ1) is 16.7. The van der Waals surface area contributed by atoms with Crippen molar-refractivity contribution in [2.45, 2.75) is 25.9 Å². The van der Waals surface area contributed by atoms with Crippen molar-refractivity contribution < 1.29 is 4.74 Å². The molecule has 0 bridgehead atoms. The van der Waals surface area contributed by atoms with Crippen LogP contribution in [0.25, 0.3) is 22.2 Å². The molecule has 4 heterocycles. The average Bonchev–Trinajstić information content (AvgIpc) is 2.68. The summed E-state index contributed by atoms with van der Waals surface area (Å²) in [5, 5.41) is 0.865. The Balaban J connectivity index is 1.51. The van der Waals surface area contributed by atoms with E-state index in [0.717, 1.165) is 60.5 Å². The van der Waals surface area contributed by atoms with Crippen molar-refractivity contribution in [1.29, 1.82) is 0 Å². The van der Waals surface area contributed by atoms with Gasteiger partial charge in [-0.05, 0) is 38.0 Å². The number of pyridine rings is 2. The summed E-state index contributed by atoms with van der Waals surface area (Å²) in [7, 11) is 0. The van der Waals surface area contributed by atoms with Gasteiger partial charge in [0.1, 0.15) is 5.82 Å². The van der Waals surface area contributed by atoms with Gasteiger partial charge in [-0.15, -0.1) is 0 Å². The first-order valence-corrected chi connectivity index (χ1v) is 8.94. The van der Waals surface area contributed by atoms with Crippen LogP contribution in [0.2, 0.25) is 0 Å². The fraction of sp³-hybridized carbons (Fsp3) is 0.368. The number of anilines is 2. The van der Waals surface area contributed by atoms with E-state index in [1.807, 2.05) is 19.2 Å². The Kier molecular flexibility index (Phi) is 4.62. The third-order valence-electron chi connectivity index (χ3n) is 4.69. The molecular weight excluding hydrogens is 328 g/mol. The van der Waals surface area contributed by atoms with E-state index in [1.165, 1.54) is 0 Å². The summed E-state index contributed by atoms with van der Waals surface area (Å²) in [5.41, 5.74) is 8.24. The third-order valence-corrected chi connectivity index (χ3v) is 4.69. The number of aromatic nitrogens is 4. The predicted molar refractivity (Wildman–Crippen MR) is 102 cm³/mol. The third kappa shape index (κ3) is 3.43. The average molecular weight is 350 g/mol. The van der Waals surface area contributed by atoms with Gasteiger partial charge < -0.3 is 15.4 Å². The van der Waals surface area contributed by atoms with Gasteiger partial charge >= 0.3 is 0 Å². The molecule has 0 aromatic carbocycles. The van der Waals surface area contributed by atoms with Crippen molar-refractivity contribution >= 4 is 22.7 Å². The molecule has 0 aliphatic carbocycles. The van der Waals surface area contributed by atoms with Crippen LogP contribution in [-0.2, 0) is 4.74 Å². The summed E-state index contributed by atoms with van der Waals surface area (Å²) in [6.45, 7) is 4.78. The number of ether oxygens (including phenoxy) is 1. The van der Waals surface area contributed by atoms with Gasteiger partial charge in [0.25, 0.3) is 0 Å². The van der Waals surface area contributed by atoms with Gasteiger partial charge in [0.05, 0.1) is 17.3 Å². The number of nitrogen functional groups attached to an aromatic ring is 1. The molecular formula is C19H22N6O. The molecule has 0 radical (unpaired) electrons. The van der Waals surface area contributed by atoms with Crippen LogP contribution in [0.3, 0.4) is 0 Å². The minimum absolute atomic E-state index is 0.263. The zero-order valence-corrected chi connectivity index (χ0v) is 14.8. The molecule has 7 nitrogen and oxygen atoms in total. The zero-order valence-electron chi connectivity index (χ0n) is 14.8. The van der Waals surface area contributed by atoms with Crippen LogP contribution in [0.5, 0.6) is 0 Å². The van der Waals surface area contributed by atoms with Crippen molar-refractivity contribution in [2.75, 3.05) is 30.3 Å². The molecule has 0 spiro atoms. The summed E-state index contributed by atoms with van der Waals surface area (Å²) in [5.74, 6) is 1.26. The lowest BCUT2D eigenvalue weighted by Crippen LogP contribution is -2.37. The summed E-state index contributed by atoms with van der Waals surface area (Å²) in [4.78, 5) is 19.7. The van der Waals surface area contributed by atoms with Crippen molar-refractivity contribution in [3.63, 3.8) is 0 Å². The van der Waals surface area contributed by atoms with Crippen LogP contribution >= 0.6 is 0 Å². The summed E-state index contributed by atoms with van der Waals surface area (Å²) in [6.07, 6.45) is 7.78. The maximum Gasteiger partial charge on any atom is 0.220 e. The summed E-state index contributed by atoms with van der Waals surface area (Å²) < 4.78 is 5.71. The molecule has 7 heteroatoms. The van der Waals surface area contributed by atoms with Crippen molar-refractivity contribution in [2.24, 2.45) is 0 Å². The highest BCUT2D eigenvalue weighted by Crippen LogP contribution is 2.24. The Labute approximate surface area is 152 Å². The second-order valence-electron chi connectivity index (χ2n) is 6.40. The molecule has 1 aliphatic heterocycles. The number of hydrogen-bond acceptors (Lipinski definition) is 7. The number of hydrogen-bond donors (Lipinski definition) is 1. The Morgan fingerprint density at radius 3 is 2.65 bits per heavy atom. The van der Waals surface area contributed by atoms with Crippen LogP contribution in [0.1, 0.15) is 19.8 Å². The van der Waals surface area contributed by atoms with Gasteiger partial charge in [0.15, 0.2) is 0 Å². The van der Waals surface area contributed by atoms with Gasteiger partial charge in [-0.3, -0.25) is 4.98 Å². The van der Waals surface area contributed by atoms with Crippen LogP contribution in [0.4, 0.5) is 11.8 Å². The minimum atomic E-state index is 0.263. The Morgan fingerprint density at radius 1 is 1.12 bits per heavy atom. The molecule has 0 unspecified atom stereocenters. The van der Waals surface area contributed by atoms with Gasteiger partial charge in [0.2, 0.25) is 5.95 Å². The van der Waals surface area contributed by atoms with Gasteiger partial charge in [-0.2, -0.15) is 0 Å². The first-order chi connectivity index (χ1) is 12.7. The summed E-state index contributed by atoms with van der Waals surface area (Å²) in [6, 6.07) is 6.02. The van der Waals surface area contributed by atoms with Crippen LogP contribution in [0, 0.1) is 0 Å². The standard InChI is InChI=1S/C19H22N6O/c1-2-26-15-5-7-25(8-6-15)18-4-3-13(10-22-18)16-9-17-14(11-21-16)12-23-19(20)24-17/h3-4,9-12,15H,2,5-8H2,1H3,(H2,20,23,24). The quantitative estimate of drug-likeness (QED) is 0.773. The molecule has 0 atom stereocenters. The fourth-order valence-electron chi connectivity index (χ4n) is 3.31. The van der Waals surface area contributed by atoms with E-state index in [-0.39, 0.29) is 5.95 Å². The zero-order chi connectivity index (χ0) is 17.9. The second-order valence-corrected chi connectivity index (χ2v) is 6.40. The molecule has 1 saturated heterocycles. The number of nitrogens with zero attached hydrogens (tertiary/aromatic N) is 5. The lowest BCUT2D eigenvalue weighted by Gasteiger charge is -2.32. The van der Waals surface area contributed by atoms with E-state index in [9.17, 15) is 0 Å². The highest BCUT2D eigenvalue weighted by molar-refractivity contribution is 5.81. The molecule has 0 saturated carbocycles. The van der Waals surface area contributed by atoms with Gasteiger partial charge in [-0.1, -0.05) is 0 Å². The van der Waals surface area contributed by atoms with E-state index in [4.69, 9.17) is 10.5 Å². The largest absolute Gasteiger partial charge is 0.378 e. The molecule has 3 aromatic rings. The molecule has 0 amide bonds. The number of fused-ring (bicyclic) bond motifs is 1. The maximum atomic E-state index is 5.71. The summed E-state index contributed by atoms with van der Waals surface area (Å²) >= 11 is 0. The molecule has 1 fully saturated rings. The fourth-order valence-corrected chi connectivity index (χ4v) is 3.31. The lowest BCUT2D eigenvalue weighted by molar-refractivity contribution is 0.0458. The highest BCUT2D eigenvalue weighted by Gasteiger charge is 2.20. The maximum absolute atomic E-state index is 5.71. The molecule has 26 heavy (non-hydrogen) atoms. The predicted octanol–water partition coefficient (Wildman–Crippen LogP) is 2.67. The Hall–Kier alpha value is -2.80. The monoisotopic (exact) mass is 350 g/mol. The van der Waals surface area contributed by atoms with E-state index in [0.29, 0.717) is 6.10 Å². The Bertz CT molecular complexity index is 890. The lowest BCUT2D eigenvalue weighted by atomic mass is 10.1. The number of piperidine rings is 1. The molecule has 4 rings (SSSR count). The highest BCUT2D eigenvalue weighted by atomic mass is 16.5. The van der Waals surface area contributed by atoms with E-state index in [1.54, 1.807) is 12.4 Å². The van der Waals surface area contributed by atoms with Crippen molar-refractivity contribution in [3.8, 4) is 11.3 Å². The normalized spacial score (nSPS) is 15.5. The van der Waals surface area contributed by atoms with Crippen LogP contribution in [0.15, 0.2) is 36.8 Å². The van der Waals surface area contributed by atoms with Gasteiger partial charge in [0, 0.05) is 49.2 Å². The number of rotatable bonds is 4. The Morgan fingerprint density at radius 2 is 1.92 bits per heavy atom. The van der Waals surface area contributed by atoms with E-state index >= 15 is 0 Å².